The smallest absolute Gasteiger partial charge is 0.347 e. The summed E-state index contributed by atoms with van der Waals surface area (Å²) in [6.07, 6.45) is 3.78. The number of carboxylic acid groups (broad SMARTS) is 1. The number of hydrogen-bond acceptors (Lipinski definition) is 5. The van der Waals surface area contributed by atoms with E-state index in [9.17, 15) is 4.79 Å². The first-order valence-corrected chi connectivity index (χ1v) is 7.42. The quantitative estimate of drug-likeness (QED) is 0.855. The third-order valence-corrected chi connectivity index (χ3v) is 5.06. The summed E-state index contributed by atoms with van der Waals surface area (Å²) in [7, 11) is 0. The number of aryl methyl sites for hydroxylation is 1. The molecule has 1 saturated heterocycles. The van der Waals surface area contributed by atoms with Crippen molar-refractivity contribution in [1.82, 2.24) is 4.98 Å². The van der Waals surface area contributed by atoms with Crippen molar-refractivity contribution in [3.05, 3.63) is 10.6 Å². The lowest BCUT2D eigenvalue weighted by Gasteiger charge is -2.21. The van der Waals surface area contributed by atoms with Crippen LogP contribution in [0.3, 0.4) is 0 Å². The predicted octanol–water partition coefficient (Wildman–Crippen LogP) is 2.81. The number of nitrogens with zero attached hydrogens (tertiary/aromatic N) is 1. The fourth-order valence-electron chi connectivity index (χ4n) is 1.73. The molecule has 0 radical (unpaired) electrons. The van der Waals surface area contributed by atoms with Crippen molar-refractivity contribution in [1.29, 1.82) is 0 Å². The molecule has 1 aliphatic heterocycles. The lowest BCUT2D eigenvalue weighted by molar-refractivity contribution is 0.0315. The Labute approximate surface area is 108 Å². The Morgan fingerprint density at radius 2 is 2.47 bits per heavy atom. The molecule has 0 aromatic carbocycles. The van der Waals surface area contributed by atoms with Gasteiger partial charge in [0.2, 0.25) is 0 Å². The van der Waals surface area contributed by atoms with Crippen molar-refractivity contribution in [2.24, 2.45) is 0 Å². The summed E-state index contributed by atoms with van der Waals surface area (Å²) >= 11 is 2.85. The van der Waals surface area contributed by atoms with Crippen molar-refractivity contribution in [3.8, 4) is 0 Å². The van der Waals surface area contributed by atoms with Gasteiger partial charge >= 0.3 is 5.97 Å². The Morgan fingerprint density at radius 1 is 1.65 bits per heavy atom. The minimum absolute atomic E-state index is 0.297. The van der Waals surface area contributed by atoms with E-state index >= 15 is 0 Å². The van der Waals surface area contributed by atoms with E-state index in [0.717, 1.165) is 29.5 Å². The van der Waals surface area contributed by atoms with E-state index in [2.05, 4.69) is 4.98 Å². The van der Waals surface area contributed by atoms with E-state index < -0.39 is 5.97 Å². The second-order valence-corrected chi connectivity index (χ2v) is 6.27. The van der Waals surface area contributed by atoms with E-state index in [1.165, 1.54) is 17.8 Å². The molecule has 0 aliphatic carbocycles. The number of ether oxygens (including phenoxy) is 1. The van der Waals surface area contributed by atoms with Crippen molar-refractivity contribution in [2.75, 3.05) is 12.4 Å². The van der Waals surface area contributed by atoms with Crippen LogP contribution in [0.2, 0.25) is 0 Å². The maximum Gasteiger partial charge on any atom is 0.347 e. The van der Waals surface area contributed by atoms with Crippen LogP contribution in [-0.4, -0.2) is 34.5 Å². The first-order valence-electron chi connectivity index (χ1n) is 5.62. The van der Waals surface area contributed by atoms with Gasteiger partial charge in [-0.25, -0.2) is 9.78 Å². The summed E-state index contributed by atoms with van der Waals surface area (Å²) in [5, 5.41) is 8.93. The number of aromatic carboxylic acids is 1. The molecule has 6 heteroatoms. The second kappa shape index (κ2) is 5.84. The Bertz CT molecular complexity index is 399. The highest BCUT2D eigenvalue weighted by molar-refractivity contribution is 8.01. The number of aromatic nitrogens is 1. The van der Waals surface area contributed by atoms with Gasteiger partial charge in [0, 0.05) is 12.4 Å². The van der Waals surface area contributed by atoms with Crippen LogP contribution in [0.5, 0.6) is 0 Å². The van der Waals surface area contributed by atoms with Crippen LogP contribution in [0, 0.1) is 6.92 Å². The molecular weight excluding hydrogens is 258 g/mol. The van der Waals surface area contributed by atoms with Crippen molar-refractivity contribution < 1.29 is 14.6 Å². The molecule has 1 atom stereocenters. The molecule has 0 saturated carbocycles. The fraction of sp³-hybridized carbons (Fsp3) is 0.636. The Kier molecular flexibility index (Phi) is 4.42. The Morgan fingerprint density at radius 3 is 3.06 bits per heavy atom. The average molecular weight is 273 g/mol. The highest BCUT2D eigenvalue weighted by atomic mass is 32.2. The SMILES string of the molecule is Cc1nc(SCC2CCCCO2)sc1C(=O)O. The molecule has 0 amide bonds. The summed E-state index contributed by atoms with van der Waals surface area (Å²) in [5.74, 6) is -0.0211. The van der Waals surface area contributed by atoms with Crippen molar-refractivity contribution >= 4 is 29.1 Å². The van der Waals surface area contributed by atoms with Crippen LogP contribution in [0.25, 0.3) is 0 Å². The molecule has 1 aliphatic rings. The highest BCUT2D eigenvalue weighted by Crippen LogP contribution is 2.29. The van der Waals surface area contributed by atoms with Crippen molar-refractivity contribution in [2.45, 2.75) is 36.6 Å². The van der Waals surface area contributed by atoms with Crippen LogP contribution in [0.15, 0.2) is 4.34 Å². The number of rotatable bonds is 4. The number of carboxylic acids is 1. The van der Waals surface area contributed by atoms with Crippen LogP contribution in [-0.2, 0) is 4.74 Å². The molecule has 2 heterocycles. The maximum atomic E-state index is 10.9. The van der Waals surface area contributed by atoms with Gasteiger partial charge in [-0.1, -0.05) is 11.8 Å². The Balaban J connectivity index is 1.90. The summed E-state index contributed by atoms with van der Waals surface area (Å²) in [6.45, 7) is 2.59. The van der Waals surface area contributed by atoms with Crippen LogP contribution >= 0.6 is 23.1 Å². The zero-order valence-electron chi connectivity index (χ0n) is 9.64. The van der Waals surface area contributed by atoms with Gasteiger partial charge in [0.25, 0.3) is 0 Å². The number of thioether (sulfide) groups is 1. The summed E-state index contributed by atoms with van der Waals surface area (Å²) in [5.41, 5.74) is 0.606. The predicted molar refractivity (Wildman–Crippen MR) is 68.1 cm³/mol. The second-order valence-electron chi connectivity index (χ2n) is 4.00. The first kappa shape index (κ1) is 12.9. The topological polar surface area (TPSA) is 59.4 Å². The van der Waals surface area contributed by atoms with E-state index in [4.69, 9.17) is 9.84 Å². The molecule has 17 heavy (non-hydrogen) atoms. The zero-order chi connectivity index (χ0) is 12.3. The van der Waals surface area contributed by atoms with Gasteiger partial charge in [-0.15, -0.1) is 11.3 Å². The van der Waals surface area contributed by atoms with Gasteiger partial charge in [-0.3, -0.25) is 0 Å². The number of thiazole rings is 1. The summed E-state index contributed by atoms with van der Waals surface area (Å²) in [4.78, 5) is 15.5. The third-order valence-electron chi connectivity index (χ3n) is 2.64. The monoisotopic (exact) mass is 273 g/mol. The molecule has 0 spiro atoms. The van der Waals surface area contributed by atoms with Gasteiger partial charge in [-0.05, 0) is 26.2 Å². The largest absolute Gasteiger partial charge is 0.477 e. The average Bonchev–Trinajstić information content (AvgIpc) is 2.69. The number of carbonyl (C=O) groups is 1. The zero-order valence-corrected chi connectivity index (χ0v) is 11.3. The summed E-state index contributed by atoms with van der Waals surface area (Å²) < 4.78 is 6.45. The highest BCUT2D eigenvalue weighted by Gasteiger charge is 2.17. The molecule has 4 nitrogen and oxygen atoms in total. The minimum atomic E-state index is -0.888. The molecule has 1 aromatic heterocycles. The van der Waals surface area contributed by atoms with E-state index in [-0.39, 0.29) is 0 Å². The fourth-order valence-corrected chi connectivity index (χ4v) is 3.86. The van der Waals surface area contributed by atoms with Gasteiger partial charge in [0.15, 0.2) is 4.34 Å². The van der Waals surface area contributed by atoms with E-state index in [1.54, 1.807) is 18.7 Å². The molecule has 1 N–H and O–H groups in total. The van der Waals surface area contributed by atoms with Crippen LogP contribution in [0.1, 0.15) is 34.6 Å². The first-order chi connectivity index (χ1) is 8.16. The van der Waals surface area contributed by atoms with Gasteiger partial charge in [0.1, 0.15) is 4.88 Å². The lowest BCUT2D eigenvalue weighted by atomic mass is 10.1. The minimum Gasteiger partial charge on any atom is -0.477 e. The van der Waals surface area contributed by atoms with Gasteiger partial charge < -0.3 is 9.84 Å². The molecule has 1 unspecified atom stereocenters. The summed E-state index contributed by atoms with van der Waals surface area (Å²) in [6, 6.07) is 0. The van der Waals surface area contributed by atoms with Gasteiger partial charge in [-0.2, -0.15) is 0 Å². The molecule has 1 fully saturated rings. The van der Waals surface area contributed by atoms with Crippen molar-refractivity contribution in [3.63, 3.8) is 0 Å². The van der Waals surface area contributed by atoms with Crippen LogP contribution in [0.4, 0.5) is 0 Å². The third kappa shape index (κ3) is 3.43. The van der Waals surface area contributed by atoms with Crippen LogP contribution < -0.4 is 0 Å². The van der Waals surface area contributed by atoms with E-state index in [1.807, 2.05) is 0 Å². The normalized spacial score (nSPS) is 20.4. The lowest BCUT2D eigenvalue weighted by Crippen LogP contribution is -2.21. The maximum absolute atomic E-state index is 10.9. The molecule has 2 rings (SSSR count). The Hall–Kier alpha value is -0.590. The van der Waals surface area contributed by atoms with Gasteiger partial charge in [0.05, 0.1) is 11.8 Å². The van der Waals surface area contributed by atoms with E-state index in [0.29, 0.717) is 16.7 Å². The molecule has 94 valence electrons. The number of hydrogen-bond donors (Lipinski definition) is 1. The molecule has 0 bridgehead atoms. The molecule has 1 aromatic rings. The molecular formula is C11H15NO3S2. The standard InChI is InChI=1S/C11H15NO3S2/c1-7-9(10(13)14)17-11(12-7)16-6-8-4-2-3-5-15-8/h8H,2-6H2,1H3,(H,13,14).